The highest BCUT2D eigenvalue weighted by Gasteiger charge is 2.11. The molecule has 0 saturated carbocycles. The molecule has 3 heteroatoms. The fourth-order valence-corrected chi connectivity index (χ4v) is 2.51. The molecule has 2 aromatic rings. The molecule has 1 aromatic heterocycles. The van der Waals surface area contributed by atoms with Crippen LogP contribution >= 0.6 is 11.3 Å². The van der Waals surface area contributed by atoms with Gasteiger partial charge in [0.1, 0.15) is 0 Å². The second-order valence-electron chi connectivity index (χ2n) is 4.12. The summed E-state index contributed by atoms with van der Waals surface area (Å²) in [5.74, 6) is -0.0273. The van der Waals surface area contributed by atoms with E-state index in [2.05, 4.69) is 5.32 Å². The zero-order valence-corrected chi connectivity index (χ0v) is 11.0. The van der Waals surface area contributed by atoms with E-state index in [4.69, 9.17) is 0 Å². The molecule has 0 unspecified atom stereocenters. The van der Waals surface area contributed by atoms with Crippen LogP contribution in [0.1, 0.15) is 25.7 Å². The van der Waals surface area contributed by atoms with Gasteiger partial charge in [-0.15, -0.1) is 11.3 Å². The summed E-state index contributed by atoms with van der Waals surface area (Å²) in [6.07, 6.45) is 0. The summed E-state index contributed by atoms with van der Waals surface area (Å²) in [7, 11) is 0. The van der Waals surface area contributed by atoms with Crippen molar-refractivity contribution in [1.82, 2.24) is 0 Å². The quantitative estimate of drug-likeness (QED) is 0.853. The number of aryl methyl sites for hydroxylation is 3. The lowest BCUT2D eigenvalue weighted by molar-refractivity contribution is 0.103. The summed E-state index contributed by atoms with van der Waals surface area (Å²) >= 11 is 1.54. The van der Waals surface area contributed by atoms with E-state index in [1.165, 1.54) is 21.8 Å². The van der Waals surface area contributed by atoms with Crippen LogP contribution in [0.5, 0.6) is 0 Å². The minimum atomic E-state index is -0.0273. The molecule has 1 aromatic carbocycles. The average Bonchev–Trinajstić information content (AvgIpc) is 2.63. The number of anilines is 1. The fraction of sp³-hybridized carbons (Fsp3) is 0.214. The molecule has 0 saturated heterocycles. The molecule has 0 radical (unpaired) electrons. The summed E-state index contributed by atoms with van der Waals surface area (Å²) in [6, 6.07) is 9.73. The molecule has 2 nitrogen and oxygen atoms in total. The van der Waals surface area contributed by atoms with Crippen LogP contribution in [0.25, 0.3) is 0 Å². The predicted octanol–water partition coefficient (Wildman–Crippen LogP) is 3.93. The van der Waals surface area contributed by atoms with E-state index in [1.807, 2.05) is 51.1 Å². The first kappa shape index (κ1) is 11.9. The van der Waals surface area contributed by atoms with E-state index in [9.17, 15) is 4.79 Å². The number of nitrogens with one attached hydrogen (secondary N) is 1. The second kappa shape index (κ2) is 4.72. The fourth-order valence-electron chi connectivity index (χ4n) is 1.58. The van der Waals surface area contributed by atoms with Crippen LogP contribution in [0, 0.1) is 20.8 Å². The van der Waals surface area contributed by atoms with Crippen molar-refractivity contribution >= 4 is 22.9 Å². The number of thiophene rings is 1. The number of rotatable bonds is 2. The molecule has 2 rings (SSSR count). The van der Waals surface area contributed by atoms with Gasteiger partial charge in [0.25, 0.3) is 5.91 Å². The summed E-state index contributed by atoms with van der Waals surface area (Å²) in [5, 5.41) is 2.94. The Morgan fingerprint density at radius 2 is 1.82 bits per heavy atom. The van der Waals surface area contributed by atoms with Crippen LogP contribution < -0.4 is 5.32 Å². The van der Waals surface area contributed by atoms with Gasteiger partial charge in [-0.05, 0) is 44.0 Å². The maximum Gasteiger partial charge on any atom is 0.265 e. The monoisotopic (exact) mass is 245 g/mol. The zero-order valence-electron chi connectivity index (χ0n) is 10.2. The van der Waals surface area contributed by atoms with Gasteiger partial charge >= 0.3 is 0 Å². The van der Waals surface area contributed by atoms with Gasteiger partial charge in [-0.25, -0.2) is 0 Å². The average molecular weight is 245 g/mol. The highest BCUT2D eigenvalue weighted by molar-refractivity contribution is 7.14. The van der Waals surface area contributed by atoms with Gasteiger partial charge in [0.15, 0.2) is 0 Å². The Morgan fingerprint density at radius 1 is 1.12 bits per heavy atom. The maximum atomic E-state index is 12.0. The molecule has 0 aliphatic heterocycles. The van der Waals surface area contributed by atoms with Crippen molar-refractivity contribution in [2.24, 2.45) is 0 Å². The van der Waals surface area contributed by atoms with Crippen LogP contribution in [-0.4, -0.2) is 5.91 Å². The summed E-state index contributed by atoms with van der Waals surface area (Å²) in [6.45, 7) is 6.04. The predicted molar refractivity (Wildman–Crippen MR) is 72.9 cm³/mol. The van der Waals surface area contributed by atoms with Gasteiger partial charge in [-0.3, -0.25) is 4.79 Å². The van der Waals surface area contributed by atoms with Crippen molar-refractivity contribution in [2.45, 2.75) is 20.8 Å². The van der Waals surface area contributed by atoms with Gasteiger partial charge < -0.3 is 5.32 Å². The normalized spacial score (nSPS) is 10.3. The maximum absolute atomic E-state index is 12.0. The van der Waals surface area contributed by atoms with E-state index in [1.54, 1.807) is 0 Å². The number of hydrogen-bond acceptors (Lipinski definition) is 2. The molecule has 0 fully saturated rings. The third kappa shape index (κ3) is 2.56. The molecule has 0 aliphatic carbocycles. The van der Waals surface area contributed by atoms with Crippen molar-refractivity contribution in [3.8, 4) is 0 Å². The largest absolute Gasteiger partial charge is 0.321 e. The number of benzene rings is 1. The van der Waals surface area contributed by atoms with Crippen molar-refractivity contribution in [1.29, 1.82) is 0 Å². The zero-order chi connectivity index (χ0) is 12.4. The molecule has 0 aliphatic rings. The highest BCUT2D eigenvalue weighted by atomic mass is 32.1. The van der Waals surface area contributed by atoms with Gasteiger partial charge in [0, 0.05) is 10.6 Å². The molecule has 17 heavy (non-hydrogen) atoms. The molecule has 1 amide bonds. The lowest BCUT2D eigenvalue weighted by Gasteiger charge is -2.06. The van der Waals surface area contributed by atoms with E-state index >= 15 is 0 Å². The topological polar surface area (TPSA) is 29.1 Å². The van der Waals surface area contributed by atoms with E-state index in [-0.39, 0.29) is 5.91 Å². The minimum Gasteiger partial charge on any atom is -0.321 e. The van der Waals surface area contributed by atoms with Crippen molar-refractivity contribution in [3.05, 3.63) is 51.2 Å². The van der Waals surface area contributed by atoms with Gasteiger partial charge in [-0.2, -0.15) is 0 Å². The van der Waals surface area contributed by atoms with Crippen LogP contribution in [-0.2, 0) is 0 Å². The second-order valence-corrected chi connectivity index (χ2v) is 5.38. The Balaban J connectivity index is 2.20. The number of para-hydroxylation sites is 1. The van der Waals surface area contributed by atoms with Gasteiger partial charge in [-0.1, -0.05) is 18.2 Å². The lowest BCUT2D eigenvalue weighted by Crippen LogP contribution is -2.10. The Labute approximate surface area is 105 Å². The molecule has 1 N–H and O–H groups in total. The smallest absolute Gasteiger partial charge is 0.265 e. The number of carbonyl (C=O) groups excluding carboxylic acids is 1. The van der Waals surface area contributed by atoms with Crippen LogP contribution in [0.4, 0.5) is 5.69 Å². The van der Waals surface area contributed by atoms with Crippen molar-refractivity contribution < 1.29 is 4.79 Å². The molecule has 0 atom stereocenters. The van der Waals surface area contributed by atoms with Crippen molar-refractivity contribution in [3.63, 3.8) is 0 Å². The Kier molecular flexibility index (Phi) is 3.29. The SMILES string of the molecule is Cc1ccccc1NC(=O)c1cc(C)c(C)s1. The first-order chi connectivity index (χ1) is 8.08. The molecular formula is C14H15NOS. The molecular weight excluding hydrogens is 230 g/mol. The van der Waals surface area contributed by atoms with Gasteiger partial charge in [0.05, 0.1) is 4.88 Å². The summed E-state index contributed by atoms with van der Waals surface area (Å²) < 4.78 is 0. The molecule has 0 spiro atoms. The Bertz CT molecular complexity index is 538. The van der Waals surface area contributed by atoms with Crippen molar-refractivity contribution in [2.75, 3.05) is 5.32 Å². The van der Waals surface area contributed by atoms with E-state index in [0.29, 0.717) is 0 Å². The molecule has 1 heterocycles. The third-order valence-electron chi connectivity index (χ3n) is 2.78. The number of carbonyl (C=O) groups is 1. The van der Waals surface area contributed by atoms with E-state index < -0.39 is 0 Å². The van der Waals surface area contributed by atoms with Gasteiger partial charge in [0.2, 0.25) is 0 Å². The first-order valence-corrected chi connectivity index (χ1v) is 6.33. The van der Waals surface area contributed by atoms with Crippen LogP contribution in [0.15, 0.2) is 30.3 Å². The standard InChI is InChI=1S/C14H15NOS/c1-9-6-4-5-7-12(9)15-14(16)13-8-10(2)11(3)17-13/h4-8H,1-3H3,(H,15,16). The third-order valence-corrected chi connectivity index (χ3v) is 3.93. The number of hydrogen-bond donors (Lipinski definition) is 1. The summed E-state index contributed by atoms with van der Waals surface area (Å²) in [5.41, 5.74) is 3.12. The highest BCUT2D eigenvalue weighted by Crippen LogP contribution is 2.22. The summed E-state index contributed by atoms with van der Waals surface area (Å²) in [4.78, 5) is 14.0. The minimum absolute atomic E-state index is 0.0273. The number of amides is 1. The Morgan fingerprint density at radius 3 is 2.41 bits per heavy atom. The lowest BCUT2D eigenvalue weighted by atomic mass is 10.2. The van der Waals surface area contributed by atoms with Crippen LogP contribution in [0.2, 0.25) is 0 Å². The van der Waals surface area contributed by atoms with Crippen LogP contribution in [0.3, 0.4) is 0 Å². The molecule has 88 valence electrons. The Hall–Kier alpha value is -1.61. The first-order valence-electron chi connectivity index (χ1n) is 5.52. The van der Waals surface area contributed by atoms with E-state index in [0.717, 1.165) is 16.1 Å². The molecule has 0 bridgehead atoms.